The van der Waals surface area contributed by atoms with Gasteiger partial charge in [-0.05, 0) is 100 Å². The van der Waals surface area contributed by atoms with E-state index in [-0.39, 0.29) is 11.7 Å². The molecule has 0 radical (unpaired) electrons. The number of alkyl halides is 3. The van der Waals surface area contributed by atoms with E-state index in [1.165, 1.54) is 17.0 Å². The first kappa shape index (κ1) is 25.0. The van der Waals surface area contributed by atoms with E-state index in [1.54, 1.807) is 11.3 Å². The first-order chi connectivity index (χ1) is 15.2. The van der Waals surface area contributed by atoms with Crippen LogP contribution in [0.1, 0.15) is 88.9 Å². The minimum absolute atomic E-state index is 0.0986. The number of hydrogen-bond donors (Lipinski definition) is 0. The number of carbonyl (C=O) groups is 1. The summed E-state index contributed by atoms with van der Waals surface area (Å²) < 4.78 is 40.9. The van der Waals surface area contributed by atoms with Gasteiger partial charge in [0.15, 0.2) is 5.78 Å². The molecule has 1 aliphatic rings. The van der Waals surface area contributed by atoms with E-state index in [4.69, 9.17) is 0 Å². The van der Waals surface area contributed by atoms with Crippen LogP contribution in [0.2, 0.25) is 0 Å². The van der Waals surface area contributed by atoms with Crippen LogP contribution in [0.3, 0.4) is 0 Å². The van der Waals surface area contributed by atoms with Crippen LogP contribution in [0, 0.1) is 6.92 Å². The van der Waals surface area contributed by atoms with Crippen molar-refractivity contribution >= 4 is 17.1 Å². The van der Waals surface area contributed by atoms with E-state index in [0.29, 0.717) is 24.8 Å². The summed E-state index contributed by atoms with van der Waals surface area (Å²) in [6, 6.07) is 4.58. The third-order valence-electron chi connectivity index (χ3n) is 6.64. The Morgan fingerprint density at radius 2 is 1.94 bits per heavy atom. The zero-order valence-electron chi connectivity index (χ0n) is 19.4. The molecule has 1 aliphatic heterocycles. The number of nitrogens with zero attached hydrogens (tertiary/aromatic N) is 1. The van der Waals surface area contributed by atoms with Gasteiger partial charge in [-0.15, -0.1) is 11.3 Å². The molecule has 0 N–H and O–H groups in total. The number of benzene rings is 1. The van der Waals surface area contributed by atoms with Gasteiger partial charge in [-0.1, -0.05) is 19.4 Å². The number of thiophene rings is 1. The number of halogens is 3. The standard InChI is InChI=1S/C26H34F3NOS/c1-4-23-18(2)32-17-24(23)25(31)10-7-8-19-14-21(16-22(15-19)26(27,28)29)20-9-5-6-12-30(3)13-11-20/h14-17,20H,4-13H2,1-3H3. The van der Waals surface area contributed by atoms with Crippen LogP contribution in [0.5, 0.6) is 0 Å². The van der Waals surface area contributed by atoms with Crippen molar-refractivity contribution in [2.24, 2.45) is 0 Å². The molecule has 0 saturated carbocycles. The van der Waals surface area contributed by atoms with Crippen molar-refractivity contribution in [1.29, 1.82) is 0 Å². The van der Waals surface area contributed by atoms with Crippen molar-refractivity contribution in [2.75, 3.05) is 20.1 Å². The Bertz CT molecular complexity index is 918. The van der Waals surface area contributed by atoms with E-state index in [0.717, 1.165) is 61.9 Å². The molecule has 176 valence electrons. The molecule has 2 aromatic rings. The molecular formula is C26H34F3NOS. The molecule has 6 heteroatoms. The van der Waals surface area contributed by atoms with Gasteiger partial charge < -0.3 is 4.90 Å². The molecule has 32 heavy (non-hydrogen) atoms. The van der Waals surface area contributed by atoms with Crippen LogP contribution >= 0.6 is 11.3 Å². The number of hydrogen-bond acceptors (Lipinski definition) is 3. The highest BCUT2D eigenvalue weighted by molar-refractivity contribution is 7.10. The van der Waals surface area contributed by atoms with Crippen molar-refractivity contribution in [3.05, 3.63) is 56.3 Å². The van der Waals surface area contributed by atoms with Gasteiger partial charge in [0, 0.05) is 22.2 Å². The molecule has 1 unspecified atom stereocenters. The number of aryl methyl sites for hydroxylation is 2. The zero-order valence-corrected chi connectivity index (χ0v) is 20.2. The first-order valence-corrected chi connectivity index (χ1v) is 12.6. The predicted molar refractivity (Wildman–Crippen MR) is 126 cm³/mol. The van der Waals surface area contributed by atoms with Crippen LogP contribution < -0.4 is 0 Å². The normalized spacial score (nSPS) is 18.4. The van der Waals surface area contributed by atoms with Crippen molar-refractivity contribution in [3.63, 3.8) is 0 Å². The third-order valence-corrected chi connectivity index (χ3v) is 7.60. The summed E-state index contributed by atoms with van der Waals surface area (Å²) in [5.41, 5.74) is 2.83. The molecule has 1 fully saturated rings. The van der Waals surface area contributed by atoms with Gasteiger partial charge in [0.05, 0.1) is 5.56 Å². The number of likely N-dealkylation sites (tertiary alicyclic amines) is 1. The molecule has 1 atom stereocenters. The van der Waals surface area contributed by atoms with Gasteiger partial charge in [-0.3, -0.25) is 4.79 Å². The second kappa shape index (κ2) is 11.0. The van der Waals surface area contributed by atoms with Gasteiger partial charge >= 0.3 is 6.18 Å². The van der Waals surface area contributed by atoms with Crippen molar-refractivity contribution in [1.82, 2.24) is 4.90 Å². The topological polar surface area (TPSA) is 20.3 Å². The van der Waals surface area contributed by atoms with E-state index in [9.17, 15) is 18.0 Å². The minimum atomic E-state index is -4.36. The maximum absolute atomic E-state index is 13.6. The average molecular weight is 466 g/mol. The van der Waals surface area contributed by atoms with Crippen LogP contribution in [-0.2, 0) is 19.0 Å². The smallest absolute Gasteiger partial charge is 0.306 e. The fraction of sp³-hybridized carbons (Fsp3) is 0.577. The van der Waals surface area contributed by atoms with Crippen molar-refractivity contribution in [2.45, 2.75) is 77.3 Å². The summed E-state index contributed by atoms with van der Waals surface area (Å²) in [4.78, 5) is 16.1. The summed E-state index contributed by atoms with van der Waals surface area (Å²) in [6.45, 7) is 6.03. The zero-order chi connectivity index (χ0) is 23.3. The van der Waals surface area contributed by atoms with E-state index in [1.807, 2.05) is 25.3 Å². The van der Waals surface area contributed by atoms with Crippen LogP contribution in [0.4, 0.5) is 13.2 Å². The molecule has 0 aliphatic carbocycles. The molecular weight excluding hydrogens is 431 g/mol. The summed E-state index contributed by atoms with van der Waals surface area (Å²) >= 11 is 1.59. The lowest BCUT2D eigenvalue weighted by Crippen LogP contribution is -2.25. The molecule has 0 spiro atoms. The second-order valence-electron chi connectivity index (χ2n) is 9.06. The molecule has 2 nitrogen and oxygen atoms in total. The number of Topliss-reactive ketones (excluding diaryl/α,β-unsaturated/α-hetero) is 1. The lowest BCUT2D eigenvalue weighted by atomic mass is 9.86. The van der Waals surface area contributed by atoms with Gasteiger partial charge in [-0.25, -0.2) is 0 Å². The lowest BCUT2D eigenvalue weighted by Gasteiger charge is -2.26. The fourth-order valence-electron chi connectivity index (χ4n) is 4.74. The maximum Gasteiger partial charge on any atom is 0.416 e. The molecule has 0 amide bonds. The summed E-state index contributed by atoms with van der Waals surface area (Å²) in [5.74, 6) is 0.253. The van der Waals surface area contributed by atoms with Crippen molar-refractivity contribution in [3.8, 4) is 0 Å². The first-order valence-electron chi connectivity index (χ1n) is 11.7. The Kier molecular flexibility index (Phi) is 8.56. The van der Waals surface area contributed by atoms with Gasteiger partial charge in [0.2, 0.25) is 0 Å². The Balaban J connectivity index is 1.73. The van der Waals surface area contributed by atoms with Crippen LogP contribution in [0.25, 0.3) is 0 Å². The summed E-state index contributed by atoms with van der Waals surface area (Å²) in [7, 11) is 2.08. The molecule has 2 heterocycles. The largest absolute Gasteiger partial charge is 0.416 e. The highest BCUT2D eigenvalue weighted by atomic mass is 32.1. The Hall–Kier alpha value is -1.66. The fourth-order valence-corrected chi connectivity index (χ4v) is 5.71. The maximum atomic E-state index is 13.6. The SMILES string of the molecule is CCc1c(C(=O)CCCc2cc(C3CCCCN(C)CC3)cc(C(F)(F)F)c2)csc1C. The molecule has 0 bridgehead atoms. The Morgan fingerprint density at radius 1 is 1.16 bits per heavy atom. The van der Waals surface area contributed by atoms with E-state index < -0.39 is 11.7 Å². The quantitative estimate of drug-likeness (QED) is 0.396. The molecule has 1 saturated heterocycles. The number of ketones is 1. The predicted octanol–water partition coefficient (Wildman–Crippen LogP) is 7.43. The average Bonchev–Trinajstić information content (AvgIpc) is 3.10. The molecule has 1 aromatic carbocycles. The molecule has 1 aromatic heterocycles. The second-order valence-corrected chi connectivity index (χ2v) is 10.1. The van der Waals surface area contributed by atoms with Crippen LogP contribution in [0.15, 0.2) is 23.6 Å². The highest BCUT2D eigenvalue weighted by Gasteiger charge is 2.32. The summed E-state index contributed by atoms with van der Waals surface area (Å²) in [5, 5.41) is 1.92. The Morgan fingerprint density at radius 3 is 2.66 bits per heavy atom. The van der Waals surface area contributed by atoms with Gasteiger partial charge in [-0.2, -0.15) is 13.2 Å². The monoisotopic (exact) mass is 465 g/mol. The third kappa shape index (κ3) is 6.44. The van der Waals surface area contributed by atoms with Gasteiger partial charge in [0.1, 0.15) is 0 Å². The van der Waals surface area contributed by atoms with Crippen LogP contribution in [-0.4, -0.2) is 30.8 Å². The number of carbonyl (C=O) groups excluding carboxylic acids is 1. The highest BCUT2D eigenvalue weighted by Crippen LogP contribution is 2.35. The number of rotatable bonds is 7. The van der Waals surface area contributed by atoms with E-state index >= 15 is 0 Å². The lowest BCUT2D eigenvalue weighted by molar-refractivity contribution is -0.137. The summed E-state index contributed by atoms with van der Waals surface area (Å²) in [6.07, 6.45) is 1.82. The van der Waals surface area contributed by atoms with Crippen molar-refractivity contribution < 1.29 is 18.0 Å². The van der Waals surface area contributed by atoms with Gasteiger partial charge in [0.25, 0.3) is 0 Å². The Labute approximate surface area is 193 Å². The minimum Gasteiger partial charge on any atom is -0.306 e. The van der Waals surface area contributed by atoms with E-state index in [2.05, 4.69) is 11.9 Å². The molecule has 3 rings (SSSR count).